The Morgan fingerprint density at radius 2 is 1.96 bits per heavy atom. The van der Waals surface area contributed by atoms with Crippen LogP contribution in [0, 0.1) is 5.95 Å². The van der Waals surface area contributed by atoms with Crippen molar-refractivity contribution in [3.05, 3.63) is 65.7 Å². The first-order valence-corrected chi connectivity index (χ1v) is 7.65. The fourth-order valence-electron chi connectivity index (χ4n) is 2.39. The Kier molecular flexibility index (Phi) is 4.26. The van der Waals surface area contributed by atoms with E-state index >= 15 is 0 Å². The quantitative estimate of drug-likeness (QED) is 0.749. The Morgan fingerprint density at radius 1 is 1.21 bits per heavy atom. The molecule has 0 spiro atoms. The number of aromatic nitrogens is 1. The van der Waals surface area contributed by atoms with Crippen molar-refractivity contribution in [3.63, 3.8) is 0 Å². The van der Waals surface area contributed by atoms with Crippen LogP contribution < -0.4 is 16.4 Å². The Labute approximate surface area is 139 Å². The molecule has 1 unspecified atom stereocenters. The first kappa shape index (κ1) is 16.1. The lowest BCUT2D eigenvalue weighted by Gasteiger charge is -2.34. The van der Waals surface area contributed by atoms with Crippen LogP contribution in [0.1, 0.15) is 25.0 Å². The minimum Gasteiger partial charge on any atom is -0.316 e. The molecule has 0 amide bonds. The molecule has 1 aromatic carbocycles. The molecule has 2 aromatic rings. The third-order valence-electron chi connectivity index (χ3n) is 3.44. The number of hydrogen-bond acceptors (Lipinski definition) is 4. The van der Waals surface area contributed by atoms with Crippen molar-refractivity contribution >= 4 is 11.8 Å². The van der Waals surface area contributed by atoms with Gasteiger partial charge in [-0.25, -0.2) is 9.98 Å². The van der Waals surface area contributed by atoms with Crippen LogP contribution in [0.25, 0.3) is 0 Å². The van der Waals surface area contributed by atoms with E-state index in [2.05, 4.69) is 25.6 Å². The maximum Gasteiger partial charge on any atom is 0.213 e. The molecule has 7 heteroatoms. The summed E-state index contributed by atoms with van der Waals surface area (Å²) in [6.07, 6.45) is 1.36. The second-order valence-electron chi connectivity index (χ2n) is 5.78. The van der Waals surface area contributed by atoms with Gasteiger partial charge in [0.1, 0.15) is 5.84 Å². The summed E-state index contributed by atoms with van der Waals surface area (Å²) in [7, 11) is 0. The molecule has 0 bridgehead atoms. The van der Waals surface area contributed by atoms with E-state index in [1.807, 2.05) is 44.2 Å². The van der Waals surface area contributed by atoms with Crippen molar-refractivity contribution in [3.8, 4) is 0 Å². The molecule has 6 nitrogen and oxygen atoms in total. The number of hydrogen-bond donors (Lipinski definition) is 3. The molecule has 0 saturated carbocycles. The van der Waals surface area contributed by atoms with Gasteiger partial charge in [-0.05, 0) is 19.9 Å². The minimum atomic E-state index is -1.34. The molecule has 124 valence electrons. The average Bonchev–Trinajstić information content (AvgIpc) is 2.54. The minimum absolute atomic E-state index is 0.0496. The van der Waals surface area contributed by atoms with Crippen LogP contribution in [0.15, 0.2) is 58.6 Å². The van der Waals surface area contributed by atoms with Crippen LogP contribution in [-0.2, 0) is 5.79 Å². The lowest BCUT2D eigenvalue weighted by molar-refractivity contribution is 0.412. The monoisotopic (exact) mass is 326 g/mol. The summed E-state index contributed by atoms with van der Waals surface area (Å²) in [5.74, 6) is -0.906. The first-order valence-electron chi connectivity index (χ1n) is 7.65. The number of benzene rings is 1. The summed E-state index contributed by atoms with van der Waals surface area (Å²) < 4.78 is 13.5. The van der Waals surface area contributed by atoms with Crippen molar-refractivity contribution < 1.29 is 4.39 Å². The van der Waals surface area contributed by atoms with E-state index in [9.17, 15) is 4.39 Å². The lowest BCUT2D eigenvalue weighted by Crippen LogP contribution is -2.61. The second-order valence-corrected chi connectivity index (χ2v) is 5.78. The zero-order valence-corrected chi connectivity index (χ0v) is 13.5. The van der Waals surface area contributed by atoms with Crippen molar-refractivity contribution in [1.82, 2.24) is 15.6 Å². The predicted octanol–water partition coefficient (Wildman–Crippen LogP) is 1.69. The second kappa shape index (κ2) is 6.37. The Hall–Kier alpha value is -2.80. The standard InChI is InChI=1S/C17H19FN6/c1-11(2)21-16-22-15(12-6-4-3-5-7-12)23-17(19,24-16)13-8-9-20-14(18)10-13/h3-11H,19H2,1-2H3,(H2,21,22,23,24). The van der Waals surface area contributed by atoms with Gasteiger partial charge in [0, 0.05) is 29.4 Å². The number of guanidine groups is 1. The number of aliphatic imine (C=N–C) groups is 2. The molecule has 2 heterocycles. The highest BCUT2D eigenvalue weighted by atomic mass is 19.1. The SMILES string of the molecule is CC(C)N=C1NC(c2ccccc2)=NC(N)(c2ccnc(F)c2)N1. The Balaban J connectivity index is 2.09. The molecule has 0 saturated heterocycles. The number of amidine groups is 1. The first-order chi connectivity index (χ1) is 11.5. The van der Waals surface area contributed by atoms with Gasteiger partial charge in [-0.2, -0.15) is 4.39 Å². The predicted molar refractivity (Wildman–Crippen MR) is 91.9 cm³/mol. The summed E-state index contributed by atoms with van der Waals surface area (Å²) in [6.45, 7) is 3.91. The summed E-state index contributed by atoms with van der Waals surface area (Å²) >= 11 is 0. The van der Waals surface area contributed by atoms with Gasteiger partial charge in [0.15, 0.2) is 5.96 Å². The van der Waals surface area contributed by atoms with Gasteiger partial charge in [-0.3, -0.25) is 10.7 Å². The molecule has 1 aliphatic rings. The third kappa shape index (κ3) is 3.41. The molecule has 0 fully saturated rings. The number of nitrogens with one attached hydrogen (secondary N) is 2. The average molecular weight is 326 g/mol. The van der Waals surface area contributed by atoms with Gasteiger partial charge < -0.3 is 10.6 Å². The van der Waals surface area contributed by atoms with E-state index in [0.717, 1.165) is 5.56 Å². The van der Waals surface area contributed by atoms with Crippen molar-refractivity contribution in [2.24, 2.45) is 15.7 Å². The third-order valence-corrected chi connectivity index (χ3v) is 3.44. The van der Waals surface area contributed by atoms with Crippen LogP contribution in [-0.4, -0.2) is 22.8 Å². The number of nitrogens with zero attached hydrogens (tertiary/aromatic N) is 3. The lowest BCUT2D eigenvalue weighted by atomic mass is 10.1. The van der Waals surface area contributed by atoms with Crippen LogP contribution >= 0.6 is 0 Å². The highest BCUT2D eigenvalue weighted by Gasteiger charge is 2.33. The van der Waals surface area contributed by atoms with Crippen LogP contribution in [0.2, 0.25) is 0 Å². The van der Waals surface area contributed by atoms with Crippen LogP contribution in [0.5, 0.6) is 0 Å². The number of nitrogens with two attached hydrogens (primary N) is 1. The fourth-order valence-corrected chi connectivity index (χ4v) is 2.39. The summed E-state index contributed by atoms with van der Waals surface area (Å²) in [5.41, 5.74) is 7.75. The van der Waals surface area contributed by atoms with E-state index in [4.69, 9.17) is 5.73 Å². The molecular formula is C17H19FN6. The Morgan fingerprint density at radius 3 is 2.62 bits per heavy atom. The summed E-state index contributed by atoms with van der Waals surface area (Å²) in [5, 5.41) is 6.18. The van der Waals surface area contributed by atoms with E-state index in [1.165, 1.54) is 12.3 Å². The molecule has 1 aliphatic heterocycles. The number of rotatable bonds is 3. The zero-order chi connectivity index (χ0) is 17.2. The Bertz CT molecular complexity index is 787. The van der Waals surface area contributed by atoms with E-state index in [-0.39, 0.29) is 6.04 Å². The normalized spacial score (nSPS) is 22.0. The highest BCUT2D eigenvalue weighted by molar-refractivity contribution is 6.10. The smallest absolute Gasteiger partial charge is 0.213 e. The van der Waals surface area contributed by atoms with Gasteiger partial charge in [0.05, 0.1) is 0 Å². The zero-order valence-electron chi connectivity index (χ0n) is 13.5. The fraction of sp³-hybridized carbons (Fsp3) is 0.235. The maximum atomic E-state index is 13.5. The van der Waals surface area contributed by atoms with Gasteiger partial charge in [0.25, 0.3) is 0 Å². The van der Waals surface area contributed by atoms with Crippen molar-refractivity contribution in [2.75, 3.05) is 0 Å². The van der Waals surface area contributed by atoms with Gasteiger partial charge in [0.2, 0.25) is 11.7 Å². The molecular weight excluding hydrogens is 307 g/mol. The molecule has 3 rings (SSSR count). The van der Waals surface area contributed by atoms with Gasteiger partial charge in [-0.1, -0.05) is 30.3 Å². The van der Waals surface area contributed by atoms with E-state index < -0.39 is 11.7 Å². The molecule has 1 aromatic heterocycles. The largest absolute Gasteiger partial charge is 0.316 e. The van der Waals surface area contributed by atoms with E-state index in [0.29, 0.717) is 17.4 Å². The van der Waals surface area contributed by atoms with Crippen molar-refractivity contribution in [2.45, 2.75) is 25.7 Å². The summed E-state index contributed by atoms with van der Waals surface area (Å²) in [6, 6.07) is 12.5. The van der Waals surface area contributed by atoms with Gasteiger partial charge in [-0.15, -0.1) is 0 Å². The highest BCUT2D eigenvalue weighted by Crippen LogP contribution is 2.21. The van der Waals surface area contributed by atoms with E-state index in [1.54, 1.807) is 6.07 Å². The molecule has 0 radical (unpaired) electrons. The molecule has 0 aliphatic carbocycles. The summed E-state index contributed by atoms with van der Waals surface area (Å²) in [4.78, 5) is 12.6. The van der Waals surface area contributed by atoms with Crippen LogP contribution in [0.3, 0.4) is 0 Å². The van der Waals surface area contributed by atoms with Gasteiger partial charge >= 0.3 is 0 Å². The molecule has 24 heavy (non-hydrogen) atoms. The maximum absolute atomic E-state index is 13.5. The number of pyridine rings is 1. The molecule has 1 atom stereocenters. The topological polar surface area (TPSA) is 87.7 Å². The molecule has 4 N–H and O–H groups in total. The number of halogens is 1. The van der Waals surface area contributed by atoms with Crippen LogP contribution in [0.4, 0.5) is 4.39 Å². The van der Waals surface area contributed by atoms with Crippen molar-refractivity contribution in [1.29, 1.82) is 0 Å².